The van der Waals surface area contributed by atoms with E-state index in [1.807, 2.05) is 0 Å². The van der Waals surface area contributed by atoms with Crippen molar-refractivity contribution in [2.24, 2.45) is 0 Å². The third-order valence-electron chi connectivity index (χ3n) is 3.34. The Bertz CT molecular complexity index is 585. The minimum absolute atomic E-state index is 0.419. The number of aromatic nitrogens is 1. The van der Waals surface area contributed by atoms with E-state index in [2.05, 4.69) is 10.3 Å². The molecule has 2 nitrogen and oxygen atoms in total. The van der Waals surface area contributed by atoms with Crippen LogP contribution < -0.4 is 5.32 Å². The first-order chi connectivity index (χ1) is 9.02. The second-order valence-electron chi connectivity index (χ2n) is 4.79. The van der Waals surface area contributed by atoms with Gasteiger partial charge in [0.1, 0.15) is 0 Å². The molecule has 2 heterocycles. The van der Waals surface area contributed by atoms with Crippen LogP contribution in [0, 0.1) is 0 Å². The molecule has 2 aromatic rings. The first-order valence-electron chi connectivity index (χ1n) is 6.22. The van der Waals surface area contributed by atoms with Gasteiger partial charge in [0.05, 0.1) is 20.8 Å². The number of hydrogen-bond acceptors (Lipinski definition) is 3. The minimum atomic E-state index is -4.30. The van der Waals surface area contributed by atoms with E-state index < -0.39 is 11.7 Å². The maximum absolute atomic E-state index is 12.6. The van der Waals surface area contributed by atoms with Crippen molar-refractivity contribution < 1.29 is 13.2 Å². The lowest BCUT2D eigenvalue weighted by Gasteiger charge is -2.06. The van der Waals surface area contributed by atoms with Crippen LogP contribution in [-0.4, -0.2) is 17.6 Å². The Kier molecular flexibility index (Phi) is 3.22. The molecule has 1 aromatic carbocycles. The van der Waals surface area contributed by atoms with Crippen molar-refractivity contribution in [3.63, 3.8) is 0 Å². The summed E-state index contributed by atoms with van der Waals surface area (Å²) in [5, 5.41) is 4.28. The van der Waals surface area contributed by atoms with Gasteiger partial charge in [0, 0.05) is 12.5 Å². The third kappa shape index (κ3) is 2.74. The van der Waals surface area contributed by atoms with Crippen molar-refractivity contribution >= 4 is 21.6 Å². The van der Waals surface area contributed by atoms with Crippen LogP contribution in [0.4, 0.5) is 13.2 Å². The number of hydrogen-bond donors (Lipinski definition) is 1. The van der Waals surface area contributed by atoms with E-state index in [-0.39, 0.29) is 0 Å². The average Bonchev–Trinajstić information content (AvgIpc) is 2.95. The van der Waals surface area contributed by atoms with E-state index in [4.69, 9.17) is 0 Å². The van der Waals surface area contributed by atoms with Gasteiger partial charge in [0.25, 0.3) is 0 Å². The number of alkyl halides is 3. The van der Waals surface area contributed by atoms with Gasteiger partial charge in [0.2, 0.25) is 0 Å². The van der Waals surface area contributed by atoms with Gasteiger partial charge in [0.15, 0.2) is 0 Å². The highest BCUT2D eigenvalue weighted by Gasteiger charge is 2.30. The fourth-order valence-electron chi connectivity index (χ4n) is 2.38. The Morgan fingerprint density at radius 3 is 2.89 bits per heavy atom. The lowest BCUT2D eigenvalue weighted by molar-refractivity contribution is -0.137. The quantitative estimate of drug-likeness (QED) is 0.912. The third-order valence-corrected chi connectivity index (χ3v) is 4.40. The fraction of sp³-hybridized carbons (Fsp3) is 0.462. The summed E-state index contributed by atoms with van der Waals surface area (Å²) in [7, 11) is 0. The second kappa shape index (κ2) is 4.76. The van der Waals surface area contributed by atoms with Gasteiger partial charge >= 0.3 is 6.18 Å². The molecule has 0 amide bonds. The zero-order valence-corrected chi connectivity index (χ0v) is 10.9. The molecule has 0 radical (unpaired) electrons. The van der Waals surface area contributed by atoms with Crippen LogP contribution in [0.5, 0.6) is 0 Å². The second-order valence-corrected chi connectivity index (χ2v) is 5.90. The lowest BCUT2D eigenvalue weighted by atomic mass is 10.2. The van der Waals surface area contributed by atoms with E-state index in [0.717, 1.165) is 47.6 Å². The van der Waals surface area contributed by atoms with Crippen molar-refractivity contribution in [1.82, 2.24) is 10.3 Å². The zero-order valence-electron chi connectivity index (χ0n) is 10.1. The number of nitrogens with one attached hydrogen (secondary N) is 1. The van der Waals surface area contributed by atoms with Gasteiger partial charge in [-0.2, -0.15) is 13.2 Å². The molecule has 1 fully saturated rings. The van der Waals surface area contributed by atoms with Gasteiger partial charge in [-0.1, -0.05) is 0 Å². The molecule has 1 aliphatic heterocycles. The Balaban J connectivity index is 1.87. The van der Waals surface area contributed by atoms with Crippen LogP contribution in [0.15, 0.2) is 18.2 Å². The molecule has 1 saturated heterocycles. The van der Waals surface area contributed by atoms with Crippen molar-refractivity contribution in [2.45, 2.75) is 31.5 Å². The summed E-state index contributed by atoms with van der Waals surface area (Å²) >= 11 is 1.48. The predicted molar refractivity (Wildman–Crippen MR) is 69.4 cm³/mol. The molecule has 0 unspecified atom stereocenters. The molecule has 102 valence electrons. The Morgan fingerprint density at radius 1 is 1.37 bits per heavy atom. The summed E-state index contributed by atoms with van der Waals surface area (Å²) in [6, 6.07) is 4.19. The van der Waals surface area contributed by atoms with Crippen molar-refractivity contribution in [3.8, 4) is 0 Å². The SMILES string of the molecule is FC(F)(F)c1ccc2sc(C[C@@H]3CCCN3)nc2c1. The van der Waals surface area contributed by atoms with Crippen molar-refractivity contribution in [3.05, 3.63) is 28.8 Å². The van der Waals surface area contributed by atoms with E-state index in [0.29, 0.717) is 11.6 Å². The lowest BCUT2D eigenvalue weighted by Crippen LogP contribution is -2.23. The summed E-state index contributed by atoms with van der Waals surface area (Å²) in [5.74, 6) is 0. The van der Waals surface area contributed by atoms with E-state index in [9.17, 15) is 13.2 Å². The first kappa shape index (κ1) is 12.9. The van der Waals surface area contributed by atoms with Crippen LogP contribution in [0.2, 0.25) is 0 Å². The normalized spacial score (nSPS) is 20.3. The van der Waals surface area contributed by atoms with E-state index >= 15 is 0 Å². The molecule has 0 spiro atoms. The van der Waals surface area contributed by atoms with Gasteiger partial charge in [-0.25, -0.2) is 4.98 Å². The standard InChI is InChI=1S/C13H13F3N2S/c14-13(15,16)8-3-4-11-10(6-8)18-12(19-11)7-9-2-1-5-17-9/h3-4,6,9,17H,1-2,5,7H2/t9-/m0/s1. The summed E-state index contributed by atoms with van der Waals surface area (Å²) in [5.41, 5.74) is -0.177. The average molecular weight is 286 g/mol. The Labute approximate surface area is 112 Å². The van der Waals surface area contributed by atoms with E-state index in [1.54, 1.807) is 0 Å². The van der Waals surface area contributed by atoms with Crippen LogP contribution in [0.25, 0.3) is 10.2 Å². The summed E-state index contributed by atoms with van der Waals surface area (Å²) in [6.07, 6.45) is -1.22. The highest BCUT2D eigenvalue weighted by molar-refractivity contribution is 7.18. The number of rotatable bonds is 2. The number of thiazole rings is 1. The van der Waals surface area contributed by atoms with Gasteiger partial charge in [-0.05, 0) is 37.6 Å². The predicted octanol–water partition coefficient (Wildman–Crippen LogP) is 3.61. The molecule has 19 heavy (non-hydrogen) atoms. The molecule has 1 atom stereocenters. The maximum atomic E-state index is 12.6. The summed E-state index contributed by atoms with van der Waals surface area (Å²) < 4.78 is 38.7. The molecule has 1 aliphatic rings. The summed E-state index contributed by atoms with van der Waals surface area (Å²) in [6.45, 7) is 1.02. The number of nitrogens with zero attached hydrogens (tertiary/aromatic N) is 1. The van der Waals surface area contributed by atoms with Crippen LogP contribution in [-0.2, 0) is 12.6 Å². The Hall–Kier alpha value is -1.14. The molecule has 1 aromatic heterocycles. The van der Waals surface area contributed by atoms with Crippen LogP contribution in [0.1, 0.15) is 23.4 Å². The molecular formula is C13H13F3N2S. The van der Waals surface area contributed by atoms with Gasteiger partial charge < -0.3 is 5.32 Å². The fourth-order valence-corrected chi connectivity index (χ4v) is 3.41. The number of halogens is 3. The Morgan fingerprint density at radius 2 is 2.21 bits per heavy atom. The largest absolute Gasteiger partial charge is 0.416 e. The molecule has 0 bridgehead atoms. The van der Waals surface area contributed by atoms with Crippen molar-refractivity contribution in [1.29, 1.82) is 0 Å². The molecule has 1 N–H and O–H groups in total. The highest BCUT2D eigenvalue weighted by Crippen LogP contribution is 2.33. The first-order valence-corrected chi connectivity index (χ1v) is 7.04. The smallest absolute Gasteiger partial charge is 0.314 e. The molecule has 6 heteroatoms. The topological polar surface area (TPSA) is 24.9 Å². The monoisotopic (exact) mass is 286 g/mol. The zero-order chi connectivity index (χ0) is 13.5. The minimum Gasteiger partial charge on any atom is -0.314 e. The maximum Gasteiger partial charge on any atom is 0.416 e. The van der Waals surface area contributed by atoms with Gasteiger partial charge in [-0.15, -0.1) is 11.3 Å². The molecule has 3 rings (SSSR count). The highest BCUT2D eigenvalue weighted by atomic mass is 32.1. The number of benzene rings is 1. The van der Waals surface area contributed by atoms with Crippen molar-refractivity contribution in [2.75, 3.05) is 6.54 Å². The van der Waals surface area contributed by atoms with Crippen LogP contribution in [0.3, 0.4) is 0 Å². The molecular weight excluding hydrogens is 273 g/mol. The summed E-state index contributed by atoms with van der Waals surface area (Å²) in [4.78, 5) is 4.33. The number of fused-ring (bicyclic) bond motifs is 1. The molecule has 0 aliphatic carbocycles. The van der Waals surface area contributed by atoms with E-state index in [1.165, 1.54) is 17.4 Å². The molecule has 0 saturated carbocycles. The van der Waals surface area contributed by atoms with Gasteiger partial charge in [-0.3, -0.25) is 0 Å². The van der Waals surface area contributed by atoms with Crippen LogP contribution >= 0.6 is 11.3 Å².